The summed E-state index contributed by atoms with van der Waals surface area (Å²) < 4.78 is 5.36. The van der Waals surface area contributed by atoms with Gasteiger partial charge in [0.2, 0.25) is 5.90 Å². The molecular formula is C16H10Cl2N2O2. The maximum atomic E-state index is 9.59. The number of benzene rings is 2. The van der Waals surface area contributed by atoms with E-state index in [0.717, 1.165) is 0 Å². The summed E-state index contributed by atoms with van der Waals surface area (Å²) in [6.07, 6.45) is 0. The second-order valence-corrected chi connectivity index (χ2v) is 5.78. The summed E-state index contributed by atoms with van der Waals surface area (Å²) in [5.41, 5.74) is 1.39. The van der Waals surface area contributed by atoms with Crippen LogP contribution < -0.4 is 4.74 Å². The molecule has 0 fully saturated rings. The van der Waals surface area contributed by atoms with Gasteiger partial charge in [-0.25, -0.2) is 0 Å². The van der Waals surface area contributed by atoms with Crippen molar-refractivity contribution in [1.29, 1.82) is 10.7 Å². The van der Waals surface area contributed by atoms with Gasteiger partial charge in [0.15, 0.2) is 0 Å². The first-order valence-corrected chi connectivity index (χ1v) is 7.20. The van der Waals surface area contributed by atoms with Gasteiger partial charge >= 0.3 is 0 Å². The third-order valence-electron chi connectivity index (χ3n) is 3.60. The molecule has 3 rings (SSSR count). The molecule has 2 N–H and O–H groups in total. The van der Waals surface area contributed by atoms with E-state index >= 15 is 0 Å². The van der Waals surface area contributed by atoms with Crippen molar-refractivity contribution in [2.75, 3.05) is 0 Å². The number of nitrogens with one attached hydrogen (secondary N) is 1. The van der Waals surface area contributed by atoms with Gasteiger partial charge in [0, 0.05) is 27.6 Å². The second kappa shape index (κ2) is 5.53. The van der Waals surface area contributed by atoms with E-state index in [0.29, 0.717) is 26.9 Å². The van der Waals surface area contributed by atoms with Crippen LogP contribution in [0.2, 0.25) is 10.0 Å². The Hall–Kier alpha value is -2.22. The summed E-state index contributed by atoms with van der Waals surface area (Å²) in [6.45, 7) is 0. The lowest BCUT2D eigenvalue weighted by atomic mass is 9.79. The van der Waals surface area contributed by atoms with E-state index in [9.17, 15) is 10.4 Å². The first kappa shape index (κ1) is 14.7. The van der Waals surface area contributed by atoms with Crippen LogP contribution in [0.1, 0.15) is 17.0 Å². The van der Waals surface area contributed by atoms with E-state index in [4.69, 9.17) is 33.3 Å². The van der Waals surface area contributed by atoms with Crippen LogP contribution in [-0.4, -0.2) is 11.0 Å². The topological polar surface area (TPSA) is 77.1 Å². The molecule has 1 aliphatic rings. The minimum Gasteiger partial charge on any atom is -0.508 e. The van der Waals surface area contributed by atoms with Crippen molar-refractivity contribution in [3.05, 3.63) is 57.6 Å². The van der Waals surface area contributed by atoms with Gasteiger partial charge in [-0.1, -0.05) is 35.3 Å². The number of nitriles is 1. The molecule has 0 aliphatic carbocycles. The van der Waals surface area contributed by atoms with Crippen LogP contribution in [0, 0.1) is 22.7 Å². The van der Waals surface area contributed by atoms with Crippen molar-refractivity contribution in [3.63, 3.8) is 0 Å². The normalized spacial score (nSPS) is 20.0. The quantitative estimate of drug-likeness (QED) is 0.815. The summed E-state index contributed by atoms with van der Waals surface area (Å²) in [5, 5.41) is 27.9. The lowest BCUT2D eigenvalue weighted by molar-refractivity contribution is 0.436. The Morgan fingerprint density at radius 2 is 1.86 bits per heavy atom. The van der Waals surface area contributed by atoms with Crippen molar-refractivity contribution in [1.82, 2.24) is 0 Å². The summed E-state index contributed by atoms with van der Waals surface area (Å²) >= 11 is 12.2. The van der Waals surface area contributed by atoms with Crippen molar-refractivity contribution in [2.24, 2.45) is 5.92 Å². The Morgan fingerprint density at radius 3 is 2.55 bits per heavy atom. The second-order valence-electron chi connectivity index (χ2n) is 4.94. The van der Waals surface area contributed by atoms with E-state index in [1.54, 1.807) is 24.3 Å². The largest absolute Gasteiger partial charge is 0.508 e. The molecule has 1 aliphatic heterocycles. The molecule has 2 aromatic rings. The van der Waals surface area contributed by atoms with E-state index in [1.807, 2.05) is 0 Å². The van der Waals surface area contributed by atoms with Gasteiger partial charge in [-0.2, -0.15) is 5.26 Å². The Kier molecular flexibility index (Phi) is 3.69. The first-order chi connectivity index (χ1) is 10.5. The number of nitrogens with zero attached hydrogens (tertiary/aromatic N) is 1. The minimum absolute atomic E-state index is 0.0305. The van der Waals surface area contributed by atoms with Gasteiger partial charge in [-0.05, 0) is 23.8 Å². The van der Waals surface area contributed by atoms with Gasteiger partial charge in [0.1, 0.15) is 17.4 Å². The lowest BCUT2D eigenvalue weighted by Crippen LogP contribution is -2.31. The summed E-state index contributed by atoms with van der Waals surface area (Å²) in [6, 6.07) is 11.8. The SMILES string of the molecule is N#CC1C(=N)Oc2cc(O)ccc2C1c1ccc(Cl)cc1Cl. The number of ether oxygens (including phenoxy) is 1. The average Bonchev–Trinajstić information content (AvgIpc) is 2.46. The highest BCUT2D eigenvalue weighted by Gasteiger charge is 2.37. The third kappa shape index (κ3) is 2.39. The van der Waals surface area contributed by atoms with Gasteiger partial charge in [0.05, 0.1) is 6.07 Å². The van der Waals surface area contributed by atoms with Gasteiger partial charge in [-0.15, -0.1) is 0 Å². The molecule has 110 valence electrons. The number of hydrogen-bond acceptors (Lipinski definition) is 4. The Bertz CT molecular complexity index is 814. The predicted octanol–water partition coefficient (Wildman–Crippen LogP) is 4.34. The molecule has 0 aromatic heterocycles. The van der Waals surface area contributed by atoms with E-state index < -0.39 is 11.8 Å². The monoisotopic (exact) mass is 332 g/mol. The summed E-state index contributed by atoms with van der Waals surface area (Å²) in [5.74, 6) is -1.03. The fourth-order valence-corrected chi connectivity index (χ4v) is 3.14. The molecule has 2 atom stereocenters. The fraction of sp³-hybridized carbons (Fsp3) is 0.125. The molecule has 22 heavy (non-hydrogen) atoms. The number of halogens is 2. The molecule has 0 saturated carbocycles. The molecule has 0 radical (unpaired) electrons. The number of phenols is 1. The van der Waals surface area contributed by atoms with E-state index in [1.165, 1.54) is 12.1 Å². The van der Waals surface area contributed by atoms with Crippen LogP contribution in [0.25, 0.3) is 0 Å². The molecular weight excluding hydrogens is 323 g/mol. The molecule has 2 aromatic carbocycles. The van der Waals surface area contributed by atoms with E-state index in [2.05, 4.69) is 6.07 Å². The third-order valence-corrected chi connectivity index (χ3v) is 4.17. The molecule has 0 saturated heterocycles. The Morgan fingerprint density at radius 1 is 1.14 bits per heavy atom. The molecule has 1 heterocycles. The molecule has 0 bridgehead atoms. The van der Waals surface area contributed by atoms with Crippen LogP contribution in [0.15, 0.2) is 36.4 Å². The standard InChI is InChI=1S/C16H10Cl2N2O2/c17-8-1-3-10(13(18)5-8)15-11-4-2-9(21)6-14(11)22-16(20)12(15)7-19/h1-6,12,15,20-21H. The molecule has 2 unspecified atom stereocenters. The zero-order valence-electron chi connectivity index (χ0n) is 11.2. The smallest absolute Gasteiger partial charge is 0.205 e. The van der Waals surface area contributed by atoms with Crippen LogP contribution in [-0.2, 0) is 0 Å². The number of fused-ring (bicyclic) bond motifs is 1. The zero-order valence-corrected chi connectivity index (χ0v) is 12.7. The van der Waals surface area contributed by atoms with Gasteiger partial charge in [-0.3, -0.25) is 5.41 Å². The van der Waals surface area contributed by atoms with Crippen LogP contribution >= 0.6 is 23.2 Å². The highest BCUT2D eigenvalue weighted by Crippen LogP contribution is 2.45. The number of hydrogen-bond donors (Lipinski definition) is 2. The maximum Gasteiger partial charge on any atom is 0.205 e. The fourth-order valence-electron chi connectivity index (χ4n) is 2.62. The van der Waals surface area contributed by atoms with E-state index in [-0.39, 0.29) is 11.6 Å². The predicted molar refractivity (Wildman–Crippen MR) is 83.9 cm³/mol. The summed E-state index contributed by atoms with van der Waals surface area (Å²) in [4.78, 5) is 0. The highest BCUT2D eigenvalue weighted by molar-refractivity contribution is 6.35. The van der Waals surface area contributed by atoms with Crippen LogP contribution in [0.4, 0.5) is 0 Å². The van der Waals surface area contributed by atoms with Gasteiger partial charge in [0.25, 0.3) is 0 Å². The van der Waals surface area contributed by atoms with Crippen LogP contribution in [0.3, 0.4) is 0 Å². The molecule has 0 spiro atoms. The Labute approximate surface area is 137 Å². The lowest BCUT2D eigenvalue weighted by Gasteiger charge is -2.30. The number of phenolic OH excluding ortho intramolecular Hbond substituents is 1. The van der Waals surface area contributed by atoms with Crippen molar-refractivity contribution >= 4 is 29.1 Å². The van der Waals surface area contributed by atoms with Crippen LogP contribution in [0.5, 0.6) is 11.5 Å². The first-order valence-electron chi connectivity index (χ1n) is 6.45. The highest BCUT2D eigenvalue weighted by atomic mass is 35.5. The average molecular weight is 333 g/mol. The zero-order chi connectivity index (χ0) is 15.9. The number of rotatable bonds is 1. The molecule has 0 amide bonds. The minimum atomic E-state index is -0.796. The van der Waals surface area contributed by atoms with Crippen molar-refractivity contribution < 1.29 is 9.84 Å². The van der Waals surface area contributed by atoms with Crippen molar-refractivity contribution in [2.45, 2.75) is 5.92 Å². The van der Waals surface area contributed by atoms with Gasteiger partial charge < -0.3 is 9.84 Å². The molecule has 6 heteroatoms. The maximum absolute atomic E-state index is 9.59. The Balaban J connectivity index is 2.23. The van der Waals surface area contributed by atoms with Crippen molar-refractivity contribution in [3.8, 4) is 17.6 Å². The summed E-state index contributed by atoms with van der Waals surface area (Å²) in [7, 11) is 0. The molecule has 4 nitrogen and oxygen atoms in total. The number of aromatic hydroxyl groups is 1.